The minimum Gasteiger partial charge on any atom is -0.314 e. The molecule has 1 aliphatic rings. The summed E-state index contributed by atoms with van der Waals surface area (Å²) in [5.74, 6) is 0. The van der Waals surface area contributed by atoms with Crippen molar-refractivity contribution in [3.05, 3.63) is 48.6 Å². The Morgan fingerprint density at radius 2 is 2.00 bits per heavy atom. The van der Waals surface area contributed by atoms with Crippen LogP contribution < -0.4 is 5.32 Å². The maximum atomic E-state index is 3.78. The lowest BCUT2D eigenvalue weighted by molar-refractivity contribution is 0.259. The van der Waals surface area contributed by atoms with Gasteiger partial charge in [0.1, 0.15) is 0 Å². The van der Waals surface area contributed by atoms with Gasteiger partial charge in [-0.3, -0.25) is 4.90 Å². The molecule has 1 heterocycles. The Labute approximate surface area is 105 Å². The molecule has 0 spiro atoms. The zero-order valence-corrected chi connectivity index (χ0v) is 10.9. The Balaban J connectivity index is 2.53. The van der Waals surface area contributed by atoms with Crippen molar-refractivity contribution in [2.24, 2.45) is 0 Å². The molecule has 1 rings (SSSR count). The number of hydrogen-bond acceptors (Lipinski definition) is 2. The predicted octanol–water partition coefficient (Wildman–Crippen LogP) is 2.53. The van der Waals surface area contributed by atoms with E-state index in [9.17, 15) is 0 Å². The molecular formula is C15H24N2. The molecular weight excluding hydrogens is 208 g/mol. The van der Waals surface area contributed by atoms with Crippen LogP contribution in [0.25, 0.3) is 0 Å². The summed E-state index contributed by atoms with van der Waals surface area (Å²) in [7, 11) is 0. The van der Waals surface area contributed by atoms with Crippen molar-refractivity contribution in [3.8, 4) is 0 Å². The standard InChI is InChI=1S/C15H24N2/c1-4-6-15(7-5-2)12-14(3)13-17-10-8-16-9-11-17/h4-6,12,16H,1-2,7-11,13H2,3H3/b14-12+,15-6+. The van der Waals surface area contributed by atoms with E-state index in [1.54, 1.807) is 0 Å². The average molecular weight is 232 g/mol. The van der Waals surface area contributed by atoms with Crippen LogP contribution in [0.5, 0.6) is 0 Å². The lowest BCUT2D eigenvalue weighted by Crippen LogP contribution is -2.43. The quantitative estimate of drug-likeness (QED) is 0.559. The van der Waals surface area contributed by atoms with Gasteiger partial charge in [0.05, 0.1) is 0 Å². The van der Waals surface area contributed by atoms with Gasteiger partial charge in [-0.15, -0.1) is 6.58 Å². The second-order valence-corrected chi connectivity index (χ2v) is 4.49. The summed E-state index contributed by atoms with van der Waals surface area (Å²) in [4.78, 5) is 2.49. The van der Waals surface area contributed by atoms with Gasteiger partial charge < -0.3 is 5.32 Å². The van der Waals surface area contributed by atoms with Crippen LogP contribution in [0.15, 0.2) is 48.6 Å². The van der Waals surface area contributed by atoms with Crippen molar-refractivity contribution in [1.29, 1.82) is 0 Å². The molecule has 1 saturated heterocycles. The van der Waals surface area contributed by atoms with Gasteiger partial charge in [0.25, 0.3) is 0 Å². The average Bonchev–Trinajstić information content (AvgIpc) is 2.30. The molecule has 0 amide bonds. The smallest absolute Gasteiger partial charge is 0.0194 e. The lowest BCUT2D eigenvalue weighted by atomic mass is 10.1. The third-order valence-corrected chi connectivity index (χ3v) is 2.83. The van der Waals surface area contributed by atoms with Crippen LogP contribution in [0, 0.1) is 0 Å². The van der Waals surface area contributed by atoms with Gasteiger partial charge in [-0.2, -0.15) is 0 Å². The lowest BCUT2D eigenvalue weighted by Gasteiger charge is -2.27. The minimum absolute atomic E-state index is 0.908. The van der Waals surface area contributed by atoms with Crippen molar-refractivity contribution >= 4 is 0 Å². The fraction of sp³-hybridized carbons (Fsp3) is 0.467. The van der Waals surface area contributed by atoms with Crippen LogP contribution in [-0.4, -0.2) is 37.6 Å². The van der Waals surface area contributed by atoms with Crippen LogP contribution >= 0.6 is 0 Å². The Morgan fingerprint density at radius 3 is 2.59 bits per heavy atom. The van der Waals surface area contributed by atoms with Crippen molar-refractivity contribution < 1.29 is 0 Å². The third-order valence-electron chi connectivity index (χ3n) is 2.83. The van der Waals surface area contributed by atoms with Crippen LogP contribution in [0.1, 0.15) is 13.3 Å². The zero-order valence-electron chi connectivity index (χ0n) is 10.9. The van der Waals surface area contributed by atoms with Gasteiger partial charge in [-0.25, -0.2) is 0 Å². The molecule has 0 aromatic carbocycles. The molecule has 2 nitrogen and oxygen atoms in total. The first-order chi connectivity index (χ1) is 8.26. The first-order valence-electron chi connectivity index (χ1n) is 6.29. The summed E-state index contributed by atoms with van der Waals surface area (Å²) in [5, 5.41) is 3.37. The fourth-order valence-corrected chi connectivity index (χ4v) is 2.08. The Kier molecular flexibility index (Phi) is 6.60. The van der Waals surface area contributed by atoms with Gasteiger partial charge in [-0.05, 0) is 18.9 Å². The summed E-state index contributed by atoms with van der Waals surface area (Å²) in [6.45, 7) is 15.3. The van der Waals surface area contributed by atoms with E-state index in [-0.39, 0.29) is 0 Å². The predicted molar refractivity (Wildman–Crippen MR) is 76.2 cm³/mol. The molecule has 0 saturated carbocycles. The zero-order chi connectivity index (χ0) is 12.5. The number of allylic oxidation sites excluding steroid dienone is 5. The van der Waals surface area contributed by atoms with Crippen LogP contribution in [0.4, 0.5) is 0 Å². The Morgan fingerprint density at radius 1 is 1.29 bits per heavy atom. The number of hydrogen-bond donors (Lipinski definition) is 1. The molecule has 0 aromatic heterocycles. The maximum absolute atomic E-state index is 3.78. The molecule has 17 heavy (non-hydrogen) atoms. The van der Waals surface area contributed by atoms with Crippen molar-refractivity contribution in [2.75, 3.05) is 32.7 Å². The molecule has 0 aliphatic carbocycles. The van der Waals surface area contributed by atoms with Crippen LogP contribution in [-0.2, 0) is 0 Å². The number of nitrogens with one attached hydrogen (secondary N) is 1. The molecule has 94 valence electrons. The fourth-order valence-electron chi connectivity index (χ4n) is 2.08. The molecule has 1 fully saturated rings. The second kappa shape index (κ2) is 8.04. The van der Waals surface area contributed by atoms with E-state index in [4.69, 9.17) is 0 Å². The van der Waals surface area contributed by atoms with Crippen LogP contribution in [0.3, 0.4) is 0 Å². The highest BCUT2D eigenvalue weighted by molar-refractivity contribution is 5.28. The molecule has 0 atom stereocenters. The normalized spacial score (nSPS) is 19.1. The first kappa shape index (κ1) is 13.9. The molecule has 0 aromatic rings. The summed E-state index contributed by atoms with van der Waals surface area (Å²) < 4.78 is 0. The highest BCUT2D eigenvalue weighted by Crippen LogP contribution is 2.09. The molecule has 0 unspecified atom stereocenters. The summed E-state index contributed by atoms with van der Waals surface area (Å²) in [6, 6.07) is 0. The molecule has 2 heteroatoms. The van der Waals surface area contributed by atoms with Gasteiger partial charge in [0, 0.05) is 32.7 Å². The number of rotatable bonds is 6. The van der Waals surface area contributed by atoms with E-state index >= 15 is 0 Å². The van der Waals surface area contributed by atoms with E-state index in [0.29, 0.717) is 0 Å². The highest BCUT2D eigenvalue weighted by Gasteiger charge is 2.09. The van der Waals surface area contributed by atoms with Gasteiger partial charge in [0.2, 0.25) is 0 Å². The SMILES string of the molecule is C=C/C=C(/C=C(\C)CN1CCNCC1)CC=C. The molecule has 0 radical (unpaired) electrons. The van der Waals surface area contributed by atoms with E-state index in [2.05, 4.69) is 42.5 Å². The van der Waals surface area contributed by atoms with E-state index in [0.717, 1.165) is 39.1 Å². The third kappa shape index (κ3) is 5.66. The van der Waals surface area contributed by atoms with Gasteiger partial charge in [-0.1, -0.05) is 36.5 Å². The van der Waals surface area contributed by atoms with E-state index < -0.39 is 0 Å². The van der Waals surface area contributed by atoms with Crippen LogP contribution in [0.2, 0.25) is 0 Å². The molecule has 0 bridgehead atoms. The number of piperazine rings is 1. The highest BCUT2D eigenvalue weighted by atomic mass is 15.2. The summed E-state index contributed by atoms with van der Waals surface area (Å²) >= 11 is 0. The van der Waals surface area contributed by atoms with Gasteiger partial charge >= 0.3 is 0 Å². The van der Waals surface area contributed by atoms with Crippen molar-refractivity contribution in [1.82, 2.24) is 10.2 Å². The summed E-state index contributed by atoms with van der Waals surface area (Å²) in [5.41, 5.74) is 2.68. The molecule has 1 N–H and O–H groups in total. The van der Waals surface area contributed by atoms with E-state index in [1.165, 1.54) is 11.1 Å². The topological polar surface area (TPSA) is 15.3 Å². The van der Waals surface area contributed by atoms with E-state index in [1.807, 2.05) is 12.2 Å². The maximum Gasteiger partial charge on any atom is 0.0194 e. The number of nitrogens with zero attached hydrogens (tertiary/aromatic N) is 1. The Hall–Kier alpha value is -1.12. The minimum atomic E-state index is 0.908. The first-order valence-corrected chi connectivity index (χ1v) is 6.29. The molecule has 1 aliphatic heterocycles. The largest absolute Gasteiger partial charge is 0.314 e. The van der Waals surface area contributed by atoms with Crippen molar-refractivity contribution in [3.63, 3.8) is 0 Å². The second-order valence-electron chi connectivity index (χ2n) is 4.49. The Bertz CT molecular complexity index is 307. The summed E-state index contributed by atoms with van der Waals surface area (Å²) in [6.07, 6.45) is 9.00. The van der Waals surface area contributed by atoms with Gasteiger partial charge in [0.15, 0.2) is 0 Å². The monoisotopic (exact) mass is 232 g/mol. The van der Waals surface area contributed by atoms with Crippen molar-refractivity contribution in [2.45, 2.75) is 13.3 Å².